The lowest BCUT2D eigenvalue weighted by atomic mass is 9.84. The molecule has 1 atom stereocenters. The number of Topliss-reactive ketones (excluding diaryl/α,β-unsaturated/α-hetero) is 1. The highest BCUT2D eigenvalue weighted by molar-refractivity contribution is 9.10. The first-order valence-electron chi connectivity index (χ1n) is 9.05. The third-order valence-corrected chi connectivity index (χ3v) is 5.62. The Labute approximate surface area is 173 Å². The number of nitrogens with one attached hydrogen (secondary N) is 1. The van der Waals surface area contributed by atoms with Gasteiger partial charge in [-0.3, -0.25) is 9.69 Å². The summed E-state index contributed by atoms with van der Waals surface area (Å²) in [6.07, 6.45) is -3.19. The summed E-state index contributed by atoms with van der Waals surface area (Å²) in [5.41, 5.74) is 0.900. The topological polar surface area (TPSA) is 49.4 Å². The Kier molecular flexibility index (Phi) is 4.98. The van der Waals surface area contributed by atoms with Gasteiger partial charge in [0.1, 0.15) is 0 Å². The monoisotopic (exact) mass is 464 g/mol. The molecular weight excluding hydrogens is 449 g/mol. The van der Waals surface area contributed by atoms with E-state index < -0.39 is 23.8 Å². The van der Waals surface area contributed by atoms with Crippen molar-refractivity contribution in [2.24, 2.45) is 0 Å². The Balaban J connectivity index is 1.84. The Bertz CT molecular complexity index is 1020. The molecule has 1 aliphatic heterocycles. The first-order chi connectivity index (χ1) is 13.8. The highest BCUT2D eigenvalue weighted by Crippen LogP contribution is 2.40. The van der Waals surface area contributed by atoms with Crippen LogP contribution in [0.25, 0.3) is 0 Å². The van der Waals surface area contributed by atoms with E-state index in [-0.39, 0.29) is 11.5 Å². The zero-order chi connectivity index (χ0) is 20.8. The molecule has 4 nitrogen and oxygen atoms in total. The number of benzene rings is 2. The van der Waals surface area contributed by atoms with Crippen LogP contribution < -0.4 is 10.2 Å². The van der Waals surface area contributed by atoms with Crippen molar-refractivity contribution < 1.29 is 22.8 Å². The molecule has 0 saturated heterocycles. The highest BCUT2D eigenvalue weighted by atomic mass is 79.9. The third-order valence-electron chi connectivity index (χ3n) is 5.09. The number of hydrogen-bond donors (Lipinski definition) is 1. The number of urea groups is 1. The van der Waals surface area contributed by atoms with Crippen LogP contribution in [-0.4, -0.2) is 11.8 Å². The van der Waals surface area contributed by atoms with E-state index >= 15 is 0 Å². The molecule has 0 radical (unpaired) electrons. The van der Waals surface area contributed by atoms with Crippen LogP contribution in [0.4, 0.5) is 23.7 Å². The maximum atomic E-state index is 13.2. The molecule has 2 amide bonds. The van der Waals surface area contributed by atoms with Gasteiger partial charge in [0.15, 0.2) is 5.78 Å². The number of alkyl halides is 3. The lowest BCUT2D eigenvalue weighted by Gasteiger charge is -2.39. The second-order valence-corrected chi connectivity index (χ2v) is 7.87. The van der Waals surface area contributed by atoms with Crippen molar-refractivity contribution in [3.8, 4) is 0 Å². The number of halogens is 4. The van der Waals surface area contributed by atoms with Crippen molar-refractivity contribution in [1.29, 1.82) is 0 Å². The third kappa shape index (κ3) is 3.69. The molecule has 4 rings (SSSR count). The molecule has 1 heterocycles. The fourth-order valence-corrected chi connectivity index (χ4v) is 4.05. The van der Waals surface area contributed by atoms with E-state index in [4.69, 9.17) is 0 Å². The number of rotatable bonds is 2. The second-order valence-electron chi connectivity index (χ2n) is 6.95. The van der Waals surface area contributed by atoms with Gasteiger partial charge in [-0.05, 0) is 48.7 Å². The van der Waals surface area contributed by atoms with Crippen molar-refractivity contribution in [3.63, 3.8) is 0 Å². The van der Waals surface area contributed by atoms with Gasteiger partial charge in [-0.25, -0.2) is 4.79 Å². The molecule has 8 heteroatoms. The minimum absolute atomic E-state index is 0.0915. The molecule has 1 unspecified atom stereocenters. The molecule has 0 fully saturated rings. The zero-order valence-corrected chi connectivity index (χ0v) is 16.7. The van der Waals surface area contributed by atoms with E-state index in [1.807, 2.05) is 24.3 Å². The molecule has 29 heavy (non-hydrogen) atoms. The number of carbonyl (C=O) groups is 2. The predicted octanol–water partition coefficient (Wildman–Crippen LogP) is 5.75. The summed E-state index contributed by atoms with van der Waals surface area (Å²) in [5, 5.41) is 2.80. The molecule has 0 spiro atoms. The van der Waals surface area contributed by atoms with Crippen molar-refractivity contribution in [3.05, 3.63) is 75.4 Å². The normalized spacial score (nSPS) is 19.9. The first-order valence-corrected chi connectivity index (χ1v) is 9.84. The maximum absolute atomic E-state index is 13.2. The van der Waals surface area contributed by atoms with Crippen molar-refractivity contribution >= 4 is 33.4 Å². The van der Waals surface area contributed by atoms with Gasteiger partial charge in [-0.2, -0.15) is 13.2 Å². The summed E-state index contributed by atoms with van der Waals surface area (Å²) in [5.74, 6) is -0.101. The van der Waals surface area contributed by atoms with Crippen molar-refractivity contribution in [2.45, 2.75) is 31.5 Å². The van der Waals surface area contributed by atoms with E-state index in [1.54, 1.807) is 0 Å². The van der Waals surface area contributed by atoms with E-state index in [9.17, 15) is 22.8 Å². The van der Waals surface area contributed by atoms with E-state index in [1.165, 1.54) is 17.0 Å². The lowest BCUT2D eigenvalue weighted by molar-refractivity contribution is -0.137. The predicted molar refractivity (Wildman–Crippen MR) is 105 cm³/mol. The van der Waals surface area contributed by atoms with E-state index in [0.717, 1.165) is 22.2 Å². The SMILES string of the molecule is O=C1CCCC2=C1C(c1ccc(Br)cc1)NC(=O)N2c1cccc(C(F)(F)F)c1. The molecule has 2 aromatic rings. The van der Waals surface area contributed by atoms with Crippen molar-refractivity contribution in [1.82, 2.24) is 5.32 Å². The van der Waals surface area contributed by atoms with Crippen LogP contribution in [0.3, 0.4) is 0 Å². The van der Waals surface area contributed by atoms with Crippen LogP contribution in [0.1, 0.15) is 36.4 Å². The van der Waals surface area contributed by atoms with E-state index in [2.05, 4.69) is 21.2 Å². The average molecular weight is 465 g/mol. The highest BCUT2D eigenvalue weighted by Gasteiger charge is 2.40. The first kappa shape index (κ1) is 19.7. The summed E-state index contributed by atoms with van der Waals surface area (Å²) in [6, 6.07) is 10.7. The summed E-state index contributed by atoms with van der Waals surface area (Å²) in [7, 11) is 0. The van der Waals surface area contributed by atoms with Gasteiger partial charge >= 0.3 is 12.2 Å². The molecule has 2 aliphatic rings. The van der Waals surface area contributed by atoms with Crippen LogP contribution in [-0.2, 0) is 11.0 Å². The average Bonchev–Trinajstić information content (AvgIpc) is 2.67. The van der Waals surface area contributed by atoms with Gasteiger partial charge in [0, 0.05) is 22.2 Å². The molecule has 1 N–H and O–H groups in total. The molecule has 2 aromatic carbocycles. The van der Waals surface area contributed by atoms with Gasteiger partial charge in [0.2, 0.25) is 0 Å². The van der Waals surface area contributed by atoms with Crippen LogP contribution in [0.2, 0.25) is 0 Å². The molecule has 1 aliphatic carbocycles. The molecule has 0 saturated carbocycles. The Morgan fingerprint density at radius 3 is 2.45 bits per heavy atom. The van der Waals surface area contributed by atoms with Gasteiger partial charge < -0.3 is 5.32 Å². The Morgan fingerprint density at radius 1 is 1.03 bits per heavy atom. The van der Waals surface area contributed by atoms with Crippen LogP contribution in [0.5, 0.6) is 0 Å². The number of nitrogens with zero attached hydrogens (tertiary/aromatic N) is 1. The Morgan fingerprint density at radius 2 is 1.76 bits per heavy atom. The smallest absolute Gasteiger partial charge is 0.326 e. The summed E-state index contributed by atoms with van der Waals surface area (Å²) < 4.78 is 40.3. The number of ketones is 1. The van der Waals surface area contributed by atoms with E-state index in [0.29, 0.717) is 30.5 Å². The summed E-state index contributed by atoms with van der Waals surface area (Å²) in [6.45, 7) is 0. The number of hydrogen-bond acceptors (Lipinski definition) is 2. The van der Waals surface area contributed by atoms with Crippen LogP contribution >= 0.6 is 15.9 Å². The Hall–Kier alpha value is -2.61. The molecule has 0 bridgehead atoms. The summed E-state index contributed by atoms with van der Waals surface area (Å²) in [4.78, 5) is 26.9. The minimum Gasteiger partial charge on any atom is -0.326 e. The zero-order valence-electron chi connectivity index (χ0n) is 15.1. The fraction of sp³-hybridized carbons (Fsp3) is 0.238. The van der Waals surface area contributed by atoms with Crippen LogP contribution in [0.15, 0.2) is 64.3 Å². The van der Waals surface area contributed by atoms with Gasteiger partial charge in [-0.1, -0.05) is 34.1 Å². The number of anilines is 1. The fourth-order valence-electron chi connectivity index (χ4n) is 3.79. The molecule has 0 aromatic heterocycles. The number of amides is 2. The van der Waals surface area contributed by atoms with Crippen LogP contribution in [0, 0.1) is 0 Å². The van der Waals surface area contributed by atoms with Gasteiger partial charge in [0.05, 0.1) is 17.3 Å². The van der Waals surface area contributed by atoms with Gasteiger partial charge in [0.25, 0.3) is 0 Å². The molecule has 150 valence electrons. The maximum Gasteiger partial charge on any atom is 0.416 e. The number of carbonyl (C=O) groups excluding carboxylic acids is 2. The lowest BCUT2D eigenvalue weighted by Crippen LogP contribution is -2.49. The quantitative estimate of drug-likeness (QED) is 0.615. The minimum atomic E-state index is -4.53. The van der Waals surface area contributed by atoms with Crippen molar-refractivity contribution in [2.75, 3.05) is 4.90 Å². The van der Waals surface area contributed by atoms with Gasteiger partial charge in [-0.15, -0.1) is 0 Å². The standard InChI is InChI=1S/C21H16BrF3N2O2/c22-14-9-7-12(8-10-14)19-18-16(5-2-6-17(18)28)27(20(29)26-19)15-4-1-3-13(11-15)21(23,24)25/h1,3-4,7-11,19H,2,5-6H2,(H,26,29). The number of allylic oxidation sites excluding steroid dienone is 1. The molecular formula is C21H16BrF3N2O2. The summed E-state index contributed by atoms with van der Waals surface area (Å²) >= 11 is 3.36. The largest absolute Gasteiger partial charge is 0.416 e. The second kappa shape index (κ2) is 7.33.